The first-order chi connectivity index (χ1) is 19.6. The number of ether oxygens (including phenoxy) is 3. The molecule has 3 heterocycles. The summed E-state index contributed by atoms with van der Waals surface area (Å²) in [6.45, 7) is 11.1. The van der Waals surface area contributed by atoms with Crippen LogP contribution in [0.1, 0.15) is 62.4 Å². The zero-order valence-corrected chi connectivity index (χ0v) is 24.3. The Kier molecular flexibility index (Phi) is 10.6. The van der Waals surface area contributed by atoms with E-state index >= 15 is 0 Å². The molecule has 4 amide bonds. The van der Waals surface area contributed by atoms with Gasteiger partial charge in [0.15, 0.2) is 0 Å². The number of hydrogen-bond donors (Lipinski definition) is 3. The fourth-order valence-electron chi connectivity index (χ4n) is 5.26. The number of carbonyl (C=O) groups excluding carboxylic acids is 4. The summed E-state index contributed by atoms with van der Waals surface area (Å²) < 4.78 is 16.4. The monoisotopic (exact) mass is 573 g/mol. The molecule has 0 saturated carbocycles. The molecule has 226 valence electrons. The summed E-state index contributed by atoms with van der Waals surface area (Å²) in [4.78, 5) is 52.2. The summed E-state index contributed by atoms with van der Waals surface area (Å²) in [5, 5.41) is 8.61. The Bertz CT molecular complexity index is 1100. The molecular weight excluding hydrogens is 530 g/mol. The molecular formula is C29H43N5O7. The van der Waals surface area contributed by atoms with Crippen LogP contribution in [0.2, 0.25) is 0 Å². The number of hydrogen-bond acceptors (Lipinski definition) is 9. The Hall–Kier alpha value is -3.22. The highest BCUT2D eigenvalue weighted by Crippen LogP contribution is 2.30. The maximum absolute atomic E-state index is 12.9. The lowest BCUT2D eigenvalue weighted by molar-refractivity contribution is -0.136. The third kappa shape index (κ3) is 9.14. The summed E-state index contributed by atoms with van der Waals surface area (Å²) in [6, 6.07) is 5.52. The molecule has 1 aromatic rings. The van der Waals surface area contributed by atoms with E-state index in [0.29, 0.717) is 57.5 Å². The molecule has 0 radical (unpaired) electrons. The molecule has 0 bridgehead atoms. The summed E-state index contributed by atoms with van der Waals surface area (Å²) in [5.74, 6) is -0.831. The van der Waals surface area contributed by atoms with E-state index in [-0.39, 0.29) is 18.2 Å². The van der Waals surface area contributed by atoms with Crippen molar-refractivity contribution in [3.8, 4) is 0 Å². The zero-order valence-electron chi connectivity index (χ0n) is 24.3. The lowest BCUT2D eigenvalue weighted by Gasteiger charge is -2.32. The lowest BCUT2D eigenvalue weighted by atomic mass is 10.0. The van der Waals surface area contributed by atoms with Crippen LogP contribution in [0.4, 0.5) is 10.5 Å². The highest BCUT2D eigenvalue weighted by atomic mass is 16.6. The Morgan fingerprint density at radius 3 is 2.46 bits per heavy atom. The number of carbonyl (C=O) groups is 4. The highest BCUT2D eigenvalue weighted by molar-refractivity contribution is 6.05. The Morgan fingerprint density at radius 2 is 1.76 bits per heavy atom. The van der Waals surface area contributed by atoms with Crippen LogP contribution < -0.4 is 16.0 Å². The second kappa shape index (κ2) is 14.1. The van der Waals surface area contributed by atoms with E-state index in [0.717, 1.165) is 43.7 Å². The Labute approximate surface area is 241 Å². The van der Waals surface area contributed by atoms with Gasteiger partial charge in [-0.2, -0.15) is 0 Å². The van der Waals surface area contributed by atoms with Crippen molar-refractivity contribution in [3.63, 3.8) is 0 Å². The number of benzene rings is 1. The predicted octanol–water partition coefficient (Wildman–Crippen LogP) is 1.88. The molecule has 12 heteroatoms. The van der Waals surface area contributed by atoms with E-state index in [1.165, 1.54) is 0 Å². The van der Waals surface area contributed by atoms with Crippen molar-refractivity contribution in [3.05, 3.63) is 29.3 Å². The number of alkyl carbamates (subject to hydrolysis) is 1. The third-order valence-electron chi connectivity index (χ3n) is 7.32. The SMILES string of the molecule is CC(C)(C)OC(=O)NCCOCCOCCN1CCC(Nc2ccc3c(c2)CN(C2CCC(=O)NC2=O)C3=O)CC1. The number of rotatable bonds is 12. The molecule has 12 nitrogen and oxygen atoms in total. The average Bonchev–Trinajstić information content (AvgIpc) is 3.23. The van der Waals surface area contributed by atoms with Gasteiger partial charge in [-0.05, 0) is 63.8 Å². The minimum atomic E-state index is -0.599. The first-order valence-electron chi connectivity index (χ1n) is 14.5. The van der Waals surface area contributed by atoms with Crippen LogP contribution in [0.25, 0.3) is 0 Å². The van der Waals surface area contributed by atoms with Gasteiger partial charge in [0.25, 0.3) is 5.91 Å². The zero-order chi connectivity index (χ0) is 29.4. The van der Waals surface area contributed by atoms with Gasteiger partial charge < -0.3 is 34.6 Å². The van der Waals surface area contributed by atoms with Crippen molar-refractivity contribution in [2.24, 2.45) is 0 Å². The Morgan fingerprint density at radius 1 is 1.02 bits per heavy atom. The largest absolute Gasteiger partial charge is 0.444 e. The molecule has 4 rings (SSSR count). The van der Waals surface area contributed by atoms with Gasteiger partial charge >= 0.3 is 6.09 Å². The molecule has 0 aliphatic carbocycles. The van der Waals surface area contributed by atoms with Gasteiger partial charge in [0.2, 0.25) is 11.8 Å². The number of nitrogens with zero attached hydrogens (tertiary/aromatic N) is 2. The molecule has 3 aliphatic rings. The summed E-state index contributed by atoms with van der Waals surface area (Å²) >= 11 is 0. The minimum absolute atomic E-state index is 0.154. The van der Waals surface area contributed by atoms with Crippen molar-refractivity contribution in [1.29, 1.82) is 0 Å². The first kappa shape index (κ1) is 30.7. The predicted molar refractivity (Wildman–Crippen MR) is 151 cm³/mol. The van der Waals surface area contributed by atoms with Gasteiger partial charge in [-0.15, -0.1) is 0 Å². The van der Waals surface area contributed by atoms with Crippen molar-refractivity contribution >= 4 is 29.5 Å². The molecule has 1 aromatic carbocycles. The molecule has 0 aromatic heterocycles. The average molecular weight is 574 g/mol. The van der Waals surface area contributed by atoms with E-state index < -0.39 is 23.6 Å². The minimum Gasteiger partial charge on any atom is -0.444 e. The van der Waals surface area contributed by atoms with Crippen LogP contribution in [0.3, 0.4) is 0 Å². The molecule has 3 aliphatic heterocycles. The number of anilines is 1. The number of imide groups is 1. The number of amides is 4. The highest BCUT2D eigenvalue weighted by Gasteiger charge is 2.39. The third-order valence-corrected chi connectivity index (χ3v) is 7.32. The molecule has 0 spiro atoms. The van der Waals surface area contributed by atoms with Crippen LogP contribution in [0.5, 0.6) is 0 Å². The van der Waals surface area contributed by atoms with E-state index in [9.17, 15) is 19.2 Å². The topological polar surface area (TPSA) is 139 Å². The van der Waals surface area contributed by atoms with Gasteiger partial charge in [0.05, 0.1) is 26.4 Å². The second-order valence-electron chi connectivity index (χ2n) is 11.7. The van der Waals surface area contributed by atoms with Crippen LogP contribution in [0, 0.1) is 0 Å². The lowest BCUT2D eigenvalue weighted by Crippen LogP contribution is -2.52. The fraction of sp³-hybridized carbons (Fsp3) is 0.655. The molecule has 41 heavy (non-hydrogen) atoms. The van der Waals surface area contributed by atoms with Crippen molar-refractivity contribution in [2.75, 3.05) is 57.9 Å². The number of piperidine rings is 2. The van der Waals surface area contributed by atoms with Gasteiger partial charge in [-0.1, -0.05) is 0 Å². The van der Waals surface area contributed by atoms with Crippen LogP contribution in [0.15, 0.2) is 18.2 Å². The van der Waals surface area contributed by atoms with Crippen molar-refractivity contribution in [1.82, 2.24) is 20.4 Å². The summed E-state index contributed by atoms with van der Waals surface area (Å²) in [6.07, 6.45) is 2.18. The van der Waals surface area contributed by atoms with Gasteiger partial charge in [0.1, 0.15) is 11.6 Å². The first-order valence-corrected chi connectivity index (χ1v) is 14.5. The van der Waals surface area contributed by atoms with Gasteiger partial charge in [0, 0.05) is 56.4 Å². The molecule has 1 unspecified atom stereocenters. The van der Waals surface area contributed by atoms with Gasteiger partial charge in [-0.25, -0.2) is 4.79 Å². The number of likely N-dealkylation sites (tertiary alicyclic amines) is 1. The van der Waals surface area contributed by atoms with Crippen LogP contribution >= 0.6 is 0 Å². The standard InChI is InChI=1S/C29H43N5O7/c1-29(2,3)41-28(38)30-10-14-39-16-17-40-15-13-33-11-8-21(9-12-33)31-22-4-5-23-20(18-22)19-34(27(23)37)24-6-7-25(35)32-26(24)36/h4-5,18,21,24,31H,6-17,19H2,1-3H3,(H,30,38)(H,32,35,36). The van der Waals surface area contributed by atoms with E-state index in [2.05, 4.69) is 20.9 Å². The quantitative estimate of drug-likeness (QED) is 0.253. The van der Waals surface area contributed by atoms with Crippen LogP contribution in [-0.2, 0) is 30.3 Å². The maximum Gasteiger partial charge on any atom is 0.407 e. The van der Waals surface area contributed by atoms with E-state index in [4.69, 9.17) is 14.2 Å². The van der Waals surface area contributed by atoms with E-state index in [1.807, 2.05) is 39.0 Å². The maximum atomic E-state index is 12.9. The van der Waals surface area contributed by atoms with Crippen molar-refractivity contribution in [2.45, 2.75) is 70.7 Å². The number of nitrogens with one attached hydrogen (secondary N) is 3. The van der Waals surface area contributed by atoms with Gasteiger partial charge in [-0.3, -0.25) is 19.7 Å². The smallest absolute Gasteiger partial charge is 0.407 e. The molecule has 3 N–H and O–H groups in total. The Balaban J connectivity index is 1.07. The fourth-order valence-corrected chi connectivity index (χ4v) is 5.26. The second-order valence-corrected chi connectivity index (χ2v) is 11.7. The summed E-state index contributed by atoms with van der Waals surface area (Å²) in [5.41, 5.74) is 1.99. The number of fused-ring (bicyclic) bond motifs is 1. The molecule has 2 fully saturated rings. The summed E-state index contributed by atoms with van der Waals surface area (Å²) in [7, 11) is 0. The van der Waals surface area contributed by atoms with Crippen LogP contribution in [-0.4, -0.2) is 104 Å². The molecule has 1 atom stereocenters. The molecule has 2 saturated heterocycles. The van der Waals surface area contributed by atoms with Crippen molar-refractivity contribution < 1.29 is 33.4 Å². The van der Waals surface area contributed by atoms with E-state index in [1.54, 1.807) is 4.90 Å². The normalized spacial score (nSPS) is 20.1.